The van der Waals surface area contributed by atoms with Crippen LogP contribution in [0.4, 0.5) is 19.0 Å². The van der Waals surface area contributed by atoms with E-state index in [1.54, 1.807) is 4.90 Å². The molecule has 1 aromatic heterocycles. The van der Waals surface area contributed by atoms with Crippen molar-refractivity contribution in [1.82, 2.24) is 9.88 Å². The number of nitrogen functional groups attached to an aromatic ring is 1. The number of halogens is 3. The van der Waals surface area contributed by atoms with Gasteiger partial charge in [0, 0.05) is 12.2 Å². The van der Waals surface area contributed by atoms with Crippen LogP contribution in [0.3, 0.4) is 0 Å². The lowest BCUT2D eigenvalue weighted by molar-refractivity contribution is -0.193. The Morgan fingerprint density at radius 1 is 1.32 bits per heavy atom. The molecule has 0 saturated carbocycles. The summed E-state index contributed by atoms with van der Waals surface area (Å²) < 4.78 is 41.1. The molecule has 0 bridgehead atoms. The summed E-state index contributed by atoms with van der Waals surface area (Å²) in [6, 6.07) is 1.18. The molecule has 7 heteroatoms. The summed E-state index contributed by atoms with van der Waals surface area (Å²) in [5, 5.41) is 0. The lowest BCUT2D eigenvalue weighted by Gasteiger charge is -2.40. The Hall–Kier alpha value is -1.34. The number of alkyl halides is 3. The highest BCUT2D eigenvalue weighted by atomic mass is 19.4. The second-order valence-corrected chi connectivity index (χ2v) is 6.83. The minimum Gasteiger partial charge on any atom is -0.308 e. The fourth-order valence-corrected chi connectivity index (χ4v) is 3.25. The van der Waals surface area contributed by atoms with Gasteiger partial charge >= 0.3 is 6.18 Å². The maximum Gasteiger partial charge on any atom is 0.408 e. The van der Waals surface area contributed by atoms with Gasteiger partial charge in [-0.05, 0) is 36.4 Å². The predicted octanol–water partition coefficient (Wildman–Crippen LogP) is 3.48. The van der Waals surface area contributed by atoms with Gasteiger partial charge in [0.05, 0.1) is 0 Å². The minimum atomic E-state index is -4.34. The second kappa shape index (κ2) is 6.04. The number of nitrogens with two attached hydrogens (primary N) is 1. The fraction of sp³-hybridized carbons (Fsp3) is 0.667. The van der Waals surface area contributed by atoms with Crippen molar-refractivity contribution in [3.63, 3.8) is 0 Å². The van der Waals surface area contributed by atoms with Gasteiger partial charge in [-0.2, -0.15) is 13.2 Å². The van der Waals surface area contributed by atoms with E-state index in [1.165, 1.54) is 18.3 Å². The number of aromatic nitrogens is 1. The van der Waals surface area contributed by atoms with Gasteiger partial charge in [-0.25, -0.2) is 10.8 Å². The third-order valence-corrected chi connectivity index (χ3v) is 4.19. The van der Waals surface area contributed by atoms with E-state index >= 15 is 0 Å². The Kier molecular flexibility index (Phi) is 4.67. The van der Waals surface area contributed by atoms with Crippen LogP contribution in [0.2, 0.25) is 0 Å². The minimum absolute atomic E-state index is 0.105. The molecule has 0 aliphatic carbocycles. The van der Waals surface area contributed by atoms with Crippen LogP contribution in [0, 0.1) is 5.41 Å². The highest BCUT2D eigenvalue weighted by Crippen LogP contribution is 2.45. The Morgan fingerprint density at radius 2 is 2.00 bits per heavy atom. The van der Waals surface area contributed by atoms with Gasteiger partial charge in [-0.15, -0.1) is 0 Å². The number of nitrogens with zero attached hydrogens (tertiary/aromatic N) is 2. The van der Waals surface area contributed by atoms with Crippen LogP contribution in [0.25, 0.3) is 0 Å². The first-order valence-corrected chi connectivity index (χ1v) is 7.39. The lowest BCUT2D eigenvalue weighted by atomic mass is 9.84. The number of rotatable bonds is 3. The number of pyridine rings is 1. The average Bonchev–Trinajstić information content (AvgIpc) is 2.87. The zero-order chi connectivity index (χ0) is 16.5. The predicted molar refractivity (Wildman–Crippen MR) is 80.0 cm³/mol. The highest BCUT2D eigenvalue weighted by Gasteiger charge is 2.50. The Morgan fingerprint density at radius 3 is 2.45 bits per heavy atom. The van der Waals surface area contributed by atoms with E-state index in [-0.39, 0.29) is 17.0 Å². The zero-order valence-corrected chi connectivity index (χ0v) is 13.1. The molecule has 1 saturated heterocycles. The Labute approximate surface area is 128 Å². The maximum absolute atomic E-state index is 13.7. The van der Waals surface area contributed by atoms with Crippen LogP contribution in [0.1, 0.15) is 45.2 Å². The molecule has 2 rings (SSSR count). The molecule has 0 radical (unpaired) electrons. The molecule has 2 atom stereocenters. The van der Waals surface area contributed by atoms with Gasteiger partial charge in [0.1, 0.15) is 11.9 Å². The molecule has 124 valence electrons. The topological polar surface area (TPSA) is 54.2 Å². The number of nitrogens with one attached hydrogen (secondary N) is 1. The fourth-order valence-electron chi connectivity index (χ4n) is 3.25. The quantitative estimate of drug-likeness (QED) is 0.662. The summed E-state index contributed by atoms with van der Waals surface area (Å²) in [6.45, 7) is 6.42. The molecule has 1 fully saturated rings. The van der Waals surface area contributed by atoms with Crippen LogP contribution >= 0.6 is 0 Å². The molecule has 4 nitrogen and oxygen atoms in total. The number of likely N-dealkylation sites (tertiary alicyclic amines) is 1. The summed E-state index contributed by atoms with van der Waals surface area (Å²) >= 11 is 0. The third-order valence-electron chi connectivity index (χ3n) is 4.19. The molecular weight excluding hydrogens is 293 g/mol. The SMILES string of the molecule is CC(C)(C)[C@@H]1CCCN1[C@H](c1ccc(NN)nc1)C(F)(F)F. The van der Waals surface area contributed by atoms with Gasteiger partial charge in [0.15, 0.2) is 0 Å². The first kappa shape index (κ1) is 17.0. The second-order valence-electron chi connectivity index (χ2n) is 6.83. The van der Waals surface area contributed by atoms with Crippen LogP contribution in [0.5, 0.6) is 0 Å². The molecule has 3 N–H and O–H groups in total. The normalized spacial score (nSPS) is 21.9. The third kappa shape index (κ3) is 3.52. The molecule has 1 aliphatic heterocycles. The summed E-state index contributed by atoms with van der Waals surface area (Å²) in [6.07, 6.45) is -1.52. The molecule has 1 aromatic rings. The van der Waals surface area contributed by atoms with E-state index in [9.17, 15) is 13.2 Å². The monoisotopic (exact) mass is 316 g/mol. The summed E-state index contributed by atoms with van der Waals surface area (Å²) in [7, 11) is 0. The molecule has 0 spiro atoms. The number of anilines is 1. The Bertz CT molecular complexity index is 493. The van der Waals surface area contributed by atoms with Crippen LogP contribution in [0.15, 0.2) is 18.3 Å². The molecule has 0 amide bonds. The van der Waals surface area contributed by atoms with E-state index in [0.717, 1.165) is 12.8 Å². The van der Waals surface area contributed by atoms with E-state index in [1.807, 2.05) is 20.8 Å². The van der Waals surface area contributed by atoms with Gasteiger partial charge in [-0.3, -0.25) is 4.90 Å². The van der Waals surface area contributed by atoms with E-state index in [0.29, 0.717) is 12.4 Å². The van der Waals surface area contributed by atoms with Gasteiger partial charge in [-0.1, -0.05) is 26.8 Å². The largest absolute Gasteiger partial charge is 0.408 e. The first-order valence-electron chi connectivity index (χ1n) is 7.39. The zero-order valence-electron chi connectivity index (χ0n) is 13.1. The number of hydrogen-bond donors (Lipinski definition) is 2. The number of hydrazine groups is 1. The van der Waals surface area contributed by atoms with Crippen molar-refractivity contribution in [1.29, 1.82) is 0 Å². The van der Waals surface area contributed by atoms with Crippen molar-refractivity contribution < 1.29 is 13.2 Å². The lowest BCUT2D eigenvalue weighted by Crippen LogP contribution is -2.46. The van der Waals surface area contributed by atoms with Crippen molar-refractivity contribution in [2.24, 2.45) is 11.3 Å². The van der Waals surface area contributed by atoms with E-state index < -0.39 is 12.2 Å². The summed E-state index contributed by atoms with van der Waals surface area (Å²) in [4.78, 5) is 5.50. The van der Waals surface area contributed by atoms with Crippen LogP contribution in [-0.2, 0) is 0 Å². The van der Waals surface area contributed by atoms with Crippen molar-refractivity contribution in [3.05, 3.63) is 23.9 Å². The highest BCUT2D eigenvalue weighted by molar-refractivity contribution is 5.35. The van der Waals surface area contributed by atoms with Gasteiger partial charge in [0.2, 0.25) is 0 Å². The van der Waals surface area contributed by atoms with E-state index in [4.69, 9.17) is 5.84 Å². The van der Waals surface area contributed by atoms with E-state index in [2.05, 4.69) is 10.4 Å². The molecule has 22 heavy (non-hydrogen) atoms. The molecule has 0 aromatic carbocycles. The Balaban J connectivity index is 2.38. The molecular formula is C15H23F3N4. The smallest absolute Gasteiger partial charge is 0.308 e. The summed E-state index contributed by atoms with van der Waals surface area (Å²) in [5.41, 5.74) is 2.28. The van der Waals surface area contributed by atoms with Crippen molar-refractivity contribution >= 4 is 5.82 Å². The van der Waals surface area contributed by atoms with Crippen molar-refractivity contribution in [2.45, 2.75) is 51.9 Å². The van der Waals surface area contributed by atoms with Gasteiger partial charge < -0.3 is 5.43 Å². The molecule has 2 heterocycles. The van der Waals surface area contributed by atoms with Crippen molar-refractivity contribution in [2.75, 3.05) is 12.0 Å². The standard InChI is InChI=1S/C15H23F3N4/c1-14(2,3)11-5-4-8-22(11)13(15(16,17)18)10-6-7-12(21-19)20-9-10/h6-7,9,11,13H,4-5,8,19H2,1-3H3,(H,20,21)/t11-,13+/m0/s1. The maximum atomic E-state index is 13.7. The van der Waals surface area contributed by atoms with Crippen molar-refractivity contribution in [3.8, 4) is 0 Å². The first-order chi connectivity index (χ1) is 10.1. The summed E-state index contributed by atoms with van der Waals surface area (Å²) in [5.74, 6) is 5.56. The van der Waals surface area contributed by atoms with Crippen LogP contribution < -0.4 is 11.3 Å². The number of hydrogen-bond acceptors (Lipinski definition) is 4. The average molecular weight is 316 g/mol. The van der Waals surface area contributed by atoms with Gasteiger partial charge in [0.25, 0.3) is 0 Å². The molecule has 1 aliphatic rings. The van der Waals surface area contributed by atoms with Crippen LogP contribution in [-0.4, -0.2) is 28.6 Å². The molecule has 0 unspecified atom stereocenters.